The van der Waals surface area contributed by atoms with Gasteiger partial charge in [0.15, 0.2) is 0 Å². The molecule has 2 heterocycles. The smallest absolute Gasteiger partial charge is 0.337 e. The lowest BCUT2D eigenvalue weighted by atomic mass is 10.3. The molecule has 0 saturated carbocycles. The summed E-state index contributed by atoms with van der Waals surface area (Å²) >= 11 is 3.23. The fourth-order valence-electron chi connectivity index (χ4n) is 1.39. The van der Waals surface area contributed by atoms with Gasteiger partial charge in [0.2, 0.25) is 5.88 Å². The molecule has 1 aromatic heterocycles. The average molecular weight is 288 g/mol. The van der Waals surface area contributed by atoms with Crippen LogP contribution in [0.15, 0.2) is 16.7 Å². The highest BCUT2D eigenvalue weighted by Crippen LogP contribution is 2.25. The van der Waals surface area contributed by atoms with E-state index in [9.17, 15) is 4.79 Å². The molecule has 0 spiro atoms. The average Bonchev–Trinajstić information content (AvgIpc) is 2.73. The van der Waals surface area contributed by atoms with E-state index in [1.165, 1.54) is 12.3 Å². The number of rotatable bonds is 3. The number of aromatic carboxylic acids is 1. The molecule has 1 aromatic rings. The second kappa shape index (κ2) is 4.80. The van der Waals surface area contributed by atoms with Crippen LogP contribution in [0.1, 0.15) is 16.8 Å². The predicted octanol–water partition coefficient (Wildman–Crippen LogP) is 1.71. The Balaban J connectivity index is 2.12. The van der Waals surface area contributed by atoms with Crippen LogP contribution in [0.5, 0.6) is 5.88 Å². The summed E-state index contributed by atoms with van der Waals surface area (Å²) in [5.41, 5.74) is 0.127. The van der Waals surface area contributed by atoms with Gasteiger partial charge in [-0.15, -0.1) is 0 Å². The Morgan fingerprint density at radius 3 is 3.06 bits per heavy atom. The highest BCUT2D eigenvalue weighted by Gasteiger charge is 2.19. The molecule has 0 bridgehead atoms. The third kappa shape index (κ3) is 2.51. The van der Waals surface area contributed by atoms with Crippen LogP contribution in [0.2, 0.25) is 0 Å². The number of hydrogen-bond donors (Lipinski definition) is 1. The number of hydrogen-bond acceptors (Lipinski definition) is 4. The Kier molecular flexibility index (Phi) is 3.40. The van der Waals surface area contributed by atoms with Crippen molar-refractivity contribution >= 4 is 21.9 Å². The summed E-state index contributed by atoms with van der Waals surface area (Å²) in [5.74, 6) is -0.607. The number of halogens is 1. The summed E-state index contributed by atoms with van der Waals surface area (Å²) in [5, 5.41) is 8.76. The monoisotopic (exact) mass is 287 g/mol. The number of aromatic nitrogens is 1. The van der Waals surface area contributed by atoms with Gasteiger partial charge in [-0.2, -0.15) is 0 Å². The fourth-order valence-corrected chi connectivity index (χ4v) is 1.84. The van der Waals surface area contributed by atoms with E-state index >= 15 is 0 Å². The topological polar surface area (TPSA) is 68.7 Å². The van der Waals surface area contributed by atoms with Crippen LogP contribution >= 0.6 is 15.9 Å². The summed E-state index contributed by atoms with van der Waals surface area (Å²) in [6.45, 7) is 1.24. The molecular weight excluding hydrogens is 278 g/mol. The van der Waals surface area contributed by atoms with E-state index in [2.05, 4.69) is 20.9 Å². The van der Waals surface area contributed by atoms with E-state index < -0.39 is 5.97 Å². The molecule has 1 unspecified atom stereocenters. The molecule has 0 amide bonds. The predicted molar refractivity (Wildman–Crippen MR) is 58.7 cm³/mol. The first-order valence-corrected chi connectivity index (χ1v) is 5.59. The van der Waals surface area contributed by atoms with Gasteiger partial charge in [-0.1, -0.05) is 0 Å². The van der Waals surface area contributed by atoms with E-state index in [0.29, 0.717) is 23.6 Å². The Morgan fingerprint density at radius 1 is 1.69 bits per heavy atom. The second-order valence-corrected chi connectivity index (χ2v) is 4.27. The zero-order chi connectivity index (χ0) is 11.5. The molecule has 2 rings (SSSR count). The number of carbonyl (C=O) groups is 1. The van der Waals surface area contributed by atoms with E-state index in [1.807, 2.05) is 0 Å². The molecule has 0 aliphatic carbocycles. The molecule has 0 radical (unpaired) electrons. The third-order valence-corrected chi connectivity index (χ3v) is 2.79. The van der Waals surface area contributed by atoms with E-state index in [0.717, 1.165) is 6.42 Å². The number of carboxylic acid groups (broad SMARTS) is 1. The summed E-state index contributed by atoms with van der Waals surface area (Å²) in [6, 6.07) is 1.47. The Bertz CT molecular complexity index is 404. The summed E-state index contributed by atoms with van der Waals surface area (Å²) < 4.78 is 11.3. The molecule has 86 valence electrons. The minimum Gasteiger partial charge on any atom is -0.478 e. The lowest BCUT2D eigenvalue weighted by molar-refractivity contribution is 0.0696. The first-order valence-electron chi connectivity index (χ1n) is 4.80. The van der Waals surface area contributed by atoms with Crippen LogP contribution in [-0.2, 0) is 4.74 Å². The molecule has 16 heavy (non-hydrogen) atoms. The normalized spacial score (nSPS) is 19.7. The van der Waals surface area contributed by atoms with Gasteiger partial charge in [0, 0.05) is 12.6 Å². The van der Waals surface area contributed by atoms with Crippen molar-refractivity contribution in [3.8, 4) is 5.88 Å². The SMILES string of the molecule is O=C(O)c1cnc(OC2CCOC2)c(Br)c1. The van der Waals surface area contributed by atoms with Crippen molar-refractivity contribution in [3.63, 3.8) is 0 Å². The van der Waals surface area contributed by atoms with Crippen LogP contribution in [0.25, 0.3) is 0 Å². The van der Waals surface area contributed by atoms with Crippen molar-refractivity contribution in [2.24, 2.45) is 0 Å². The molecule has 6 heteroatoms. The Morgan fingerprint density at radius 2 is 2.50 bits per heavy atom. The lowest BCUT2D eigenvalue weighted by Gasteiger charge is -2.12. The zero-order valence-corrected chi connectivity index (χ0v) is 9.94. The van der Waals surface area contributed by atoms with Crippen LogP contribution in [0, 0.1) is 0 Å². The van der Waals surface area contributed by atoms with Crippen LogP contribution in [0.4, 0.5) is 0 Å². The van der Waals surface area contributed by atoms with E-state index in [1.54, 1.807) is 0 Å². The molecule has 1 N–H and O–H groups in total. The highest BCUT2D eigenvalue weighted by molar-refractivity contribution is 9.10. The molecular formula is C10H10BrNO4. The van der Waals surface area contributed by atoms with Crippen LogP contribution < -0.4 is 4.74 Å². The van der Waals surface area contributed by atoms with Crippen molar-refractivity contribution in [1.29, 1.82) is 0 Å². The van der Waals surface area contributed by atoms with Gasteiger partial charge in [-0.3, -0.25) is 0 Å². The minimum atomic E-state index is -1.01. The Hall–Kier alpha value is -1.14. The summed E-state index contributed by atoms with van der Waals surface area (Å²) in [4.78, 5) is 14.6. The van der Waals surface area contributed by atoms with Crippen LogP contribution in [-0.4, -0.2) is 35.4 Å². The summed E-state index contributed by atoms with van der Waals surface area (Å²) in [6.07, 6.45) is 2.10. The van der Waals surface area contributed by atoms with E-state index in [4.69, 9.17) is 14.6 Å². The van der Waals surface area contributed by atoms with Crippen molar-refractivity contribution in [3.05, 3.63) is 22.3 Å². The minimum absolute atomic E-state index is 0.000483. The van der Waals surface area contributed by atoms with Crippen molar-refractivity contribution in [2.45, 2.75) is 12.5 Å². The maximum Gasteiger partial charge on any atom is 0.337 e. The van der Waals surface area contributed by atoms with Crippen molar-refractivity contribution in [2.75, 3.05) is 13.2 Å². The first kappa shape index (κ1) is 11.3. The third-order valence-electron chi connectivity index (χ3n) is 2.22. The van der Waals surface area contributed by atoms with Gasteiger partial charge in [0.1, 0.15) is 6.10 Å². The number of carboxylic acids is 1. The van der Waals surface area contributed by atoms with Gasteiger partial charge in [0.25, 0.3) is 0 Å². The summed E-state index contributed by atoms with van der Waals surface area (Å²) in [7, 11) is 0. The van der Waals surface area contributed by atoms with Crippen molar-refractivity contribution < 1.29 is 19.4 Å². The largest absolute Gasteiger partial charge is 0.478 e. The van der Waals surface area contributed by atoms with E-state index in [-0.39, 0.29) is 11.7 Å². The zero-order valence-electron chi connectivity index (χ0n) is 8.35. The molecule has 1 aliphatic heterocycles. The number of nitrogens with zero attached hydrogens (tertiary/aromatic N) is 1. The molecule has 1 fully saturated rings. The fraction of sp³-hybridized carbons (Fsp3) is 0.400. The molecule has 1 aliphatic rings. The number of pyridine rings is 1. The Labute approximate surface area is 101 Å². The molecule has 1 saturated heterocycles. The second-order valence-electron chi connectivity index (χ2n) is 3.42. The highest BCUT2D eigenvalue weighted by atomic mass is 79.9. The van der Waals surface area contributed by atoms with Crippen molar-refractivity contribution in [1.82, 2.24) is 4.98 Å². The lowest BCUT2D eigenvalue weighted by Crippen LogP contribution is -2.17. The molecule has 1 atom stereocenters. The maximum atomic E-state index is 10.7. The van der Waals surface area contributed by atoms with Gasteiger partial charge in [-0.05, 0) is 22.0 Å². The van der Waals surface area contributed by atoms with Crippen LogP contribution in [0.3, 0.4) is 0 Å². The van der Waals surface area contributed by atoms with Gasteiger partial charge in [-0.25, -0.2) is 9.78 Å². The quantitative estimate of drug-likeness (QED) is 0.917. The van der Waals surface area contributed by atoms with Gasteiger partial charge < -0.3 is 14.6 Å². The van der Waals surface area contributed by atoms with Gasteiger partial charge in [0.05, 0.1) is 23.2 Å². The molecule has 0 aromatic carbocycles. The first-order chi connectivity index (χ1) is 7.66. The number of ether oxygens (including phenoxy) is 2. The molecule has 5 nitrogen and oxygen atoms in total. The van der Waals surface area contributed by atoms with Gasteiger partial charge >= 0.3 is 5.97 Å². The standard InChI is InChI=1S/C10H10BrNO4/c11-8-3-6(10(13)14)4-12-9(8)16-7-1-2-15-5-7/h3-4,7H,1-2,5H2,(H,13,14). The maximum absolute atomic E-state index is 10.7.